The minimum absolute atomic E-state index is 0.206. The van der Waals surface area contributed by atoms with Gasteiger partial charge in [-0.3, -0.25) is 0 Å². The van der Waals surface area contributed by atoms with Crippen LogP contribution in [-0.4, -0.2) is 54.7 Å². The first-order valence-corrected chi connectivity index (χ1v) is 8.61. The maximum Gasteiger partial charge on any atom is 0.361 e. The molecule has 1 atom stereocenters. The zero-order valence-corrected chi connectivity index (χ0v) is 14.2. The van der Waals surface area contributed by atoms with Crippen molar-refractivity contribution in [3.63, 3.8) is 0 Å². The number of hydrogen-bond acceptors (Lipinski definition) is 6. The fourth-order valence-electron chi connectivity index (χ4n) is 3.36. The van der Waals surface area contributed by atoms with Crippen LogP contribution in [0.3, 0.4) is 0 Å². The van der Waals surface area contributed by atoms with Gasteiger partial charge >= 0.3 is 6.01 Å². The predicted octanol–water partition coefficient (Wildman–Crippen LogP) is 2.38. The minimum atomic E-state index is 0.206. The molecule has 0 bridgehead atoms. The molecule has 130 valence electrons. The van der Waals surface area contributed by atoms with Crippen LogP contribution in [0, 0.1) is 0 Å². The molecule has 0 spiro atoms. The maximum atomic E-state index is 5.52. The number of H-pyrrole nitrogens is 1. The largest absolute Gasteiger partial charge is 0.422 e. The fourth-order valence-corrected chi connectivity index (χ4v) is 3.36. The third-order valence-electron chi connectivity index (χ3n) is 4.64. The van der Waals surface area contributed by atoms with Gasteiger partial charge in [0.1, 0.15) is 11.6 Å². The third kappa shape index (κ3) is 3.39. The van der Waals surface area contributed by atoms with Crippen LogP contribution in [0.4, 0.5) is 0 Å². The Morgan fingerprint density at radius 1 is 1.28 bits per heavy atom. The van der Waals surface area contributed by atoms with Crippen LogP contribution in [0.2, 0.25) is 0 Å². The lowest BCUT2D eigenvalue weighted by Gasteiger charge is -2.31. The SMILES string of the molecule is CCN1CCC[C@H](c2nccn2-c2ccc(Oc3nn[nH]n3)cc2)C1. The van der Waals surface area contributed by atoms with Gasteiger partial charge in [-0.05, 0) is 55.4 Å². The van der Waals surface area contributed by atoms with E-state index in [9.17, 15) is 0 Å². The van der Waals surface area contributed by atoms with Gasteiger partial charge in [0.15, 0.2) is 0 Å². The van der Waals surface area contributed by atoms with Gasteiger partial charge in [0.05, 0.1) is 0 Å². The van der Waals surface area contributed by atoms with Crippen molar-refractivity contribution in [1.29, 1.82) is 0 Å². The molecular formula is C17H21N7O. The van der Waals surface area contributed by atoms with Crippen molar-refractivity contribution in [2.75, 3.05) is 19.6 Å². The lowest BCUT2D eigenvalue weighted by Crippen LogP contribution is -2.35. The summed E-state index contributed by atoms with van der Waals surface area (Å²) >= 11 is 0. The molecule has 8 heteroatoms. The van der Waals surface area contributed by atoms with E-state index in [1.54, 1.807) is 0 Å². The van der Waals surface area contributed by atoms with E-state index >= 15 is 0 Å². The standard InChI is InChI=1S/C17H21N7O/c1-2-23-10-3-4-13(12-23)16-18-9-11-24(16)14-5-7-15(8-6-14)25-17-19-21-22-20-17/h5-9,11,13H,2-4,10,12H2,1H3,(H,19,20,21,22)/t13-/m0/s1. The minimum Gasteiger partial charge on any atom is -0.422 e. The van der Waals surface area contributed by atoms with Crippen LogP contribution in [0.15, 0.2) is 36.7 Å². The highest BCUT2D eigenvalue weighted by Gasteiger charge is 2.24. The lowest BCUT2D eigenvalue weighted by atomic mass is 9.97. The molecule has 0 amide bonds. The van der Waals surface area contributed by atoms with Crippen molar-refractivity contribution < 1.29 is 4.74 Å². The Morgan fingerprint density at radius 2 is 2.16 bits per heavy atom. The predicted molar refractivity (Wildman–Crippen MR) is 91.9 cm³/mol. The second kappa shape index (κ2) is 7.02. The number of aromatic amines is 1. The first-order chi connectivity index (χ1) is 12.3. The van der Waals surface area contributed by atoms with Gasteiger partial charge in [0.2, 0.25) is 0 Å². The van der Waals surface area contributed by atoms with Gasteiger partial charge in [0, 0.05) is 30.5 Å². The molecule has 0 unspecified atom stereocenters. The zero-order valence-electron chi connectivity index (χ0n) is 14.2. The average Bonchev–Trinajstić information content (AvgIpc) is 3.34. The van der Waals surface area contributed by atoms with Crippen LogP contribution in [0.5, 0.6) is 11.8 Å². The molecule has 1 aliphatic rings. The van der Waals surface area contributed by atoms with Gasteiger partial charge < -0.3 is 14.2 Å². The Hall–Kier alpha value is -2.74. The molecule has 1 aromatic carbocycles. The van der Waals surface area contributed by atoms with Gasteiger partial charge in [-0.25, -0.2) is 4.98 Å². The quantitative estimate of drug-likeness (QED) is 0.768. The van der Waals surface area contributed by atoms with Gasteiger partial charge in [-0.1, -0.05) is 17.1 Å². The highest BCUT2D eigenvalue weighted by atomic mass is 16.5. The summed E-state index contributed by atoms with van der Waals surface area (Å²) in [6, 6.07) is 8.03. The highest BCUT2D eigenvalue weighted by Crippen LogP contribution is 2.28. The smallest absolute Gasteiger partial charge is 0.361 e. The first-order valence-electron chi connectivity index (χ1n) is 8.61. The van der Waals surface area contributed by atoms with E-state index in [4.69, 9.17) is 4.74 Å². The molecule has 25 heavy (non-hydrogen) atoms. The number of tetrazole rings is 1. The van der Waals surface area contributed by atoms with E-state index in [-0.39, 0.29) is 6.01 Å². The van der Waals surface area contributed by atoms with Crippen LogP contribution in [-0.2, 0) is 0 Å². The van der Waals surface area contributed by atoms with Gasteiger partial charge in [-0.2, -0.15) is 5.21 Å². The molecule has 0 aliphatic carbocycles. The maximum absolute atomic E-state index is 5.52. The summed E-state index contributed by atoms with van der Waals surface area (Å²) < 4.78 is 7.69. The highest BCUT2D eigenvalue weighted by molar-refractivity contribution is 5.39. The Labute approximate surface area is 145 Å². The molecule has 8 nitrogen and oxygen atoms in total. The summed E-state index contributed by atoms with van der Waals surface area (Å²) in [5.74, 6) is 2.27. The summed E-state index contributed by atoms with van der Waals surface area (Å²) in [6.07, 6.45) is 6.31. The van der Waals surface area contributed by atoms with Crippen LogP contribution < -0.4 is 4.74 Å². The molecule has 4 rings (SSSR count). The number of ether oxygens (including phenoxy) is 1. The number of nitrogens with zero attached hydrogens (tertiary/aromatic N) is 6. The van der Waals surface area contributed by atoms with Gasteiger partial charge in [-0.15, -0.1) is 0 Å². The van der Waals surface area contributed by atoms with Crippen molar-refractivity contribution in [2.24, 2.45) is 0 Å². The van der Waals surface area contributed by atoms with E-state index in [0.29, 0.717) is 11.7 Å². The van der Waals surface area contributed by atoms with Crippen molar-refractivity contribution in [2.45, 2.75) is 25.7 Å². The summed E-state index contributed by atoms with van der Waals surface area (Å²) in [5, 5.41) is 13.4. The van der Waals surface area contributed by atoms with Crippen LogP contribution in [0.25, 0.3) is 5.69 Å². The summed E-state index contributed by atoms with van der Waals surface area (Å²) in [7, 11) is 0. The number of aromatic nitrogens is 6. The zero-order chi connectivity index (χ0) is 17.1. The van der Waals surface area contributed by atoms with Gasteiger partial charge in [0.25, 0.3) is 0 Å². The van der Waals surface area contributed by atoms with E-state index in [1.807, 2.05) is 36.7 Å². The van der Waals surface area contributed by atoms with Crippen molar-refractivity contribution in [1.82, 2.24) is 35.1 Å². The molecule has 3 aromatic rings. The van der Waals surface area contributed by atoms with Crippen molar-refractivity contribution in [3.8, 4) is 17.4 Å². The topological polar surface area (TPSA) is 84.8 Å². The molecule has 0 saturated carbocycles. The fraction of sp³-hybridized carbons (Fsp3) is 0.412. The van der Waals surface area contributed by atoms with E-state index in [2.05, 4.69) is 42.0 Å². The number of benzene rings is 1. The number of hydrogen-bond donors (Lipinski definition) is 1. The average molecular weight is 339 g/mol. The van der Waals surface area contributed by atoms with Crippen molar-refractivity contribution >= 4 is 0 Å². The van der Waals surface area contributed by atoms with E-state index in [0.717, 1.165) is 24.6 Å². The summed E-state index contributed by atoms with van der Waals surface area (Å²) in [6.45, 7) is 5.58. The third-order valence-corrected chi connectivity index (χ3v) is 4.64. The molecule has 1 aliphatic heterocycles. The van der Waals surface area contributed by atoms with E-state index in [1.165, 1.54) is 19.4 Å². The number of likely N-dealkylation sites (tertiary alicyclic amines) is 1. The Bertz CT molecular complexity index is 797. The Balaban J connectivity index is 1.53. The number of piperidine rings is 1. The first kappa shape index (κ1) is 15.8. The molecular weight excluding hydrogens is 318 g/mol. The summed E-state index contributed by atoms with van der Waals surface area (Å²) in [4.78, 5) is 7.14. The number of nitrogens with one attached hydrogen (secondary N) is 1. The lowest BCUT2D eigenvalue weighted by molar-refractivity contribution is 0.213. The molecule has 3 heterocycles. The second-order valence-electron chi connectivity index (χ2n) is 6.18. The van der Waals surface area contributed by atoms with Crippen LogP contribution >= 0.6 is 0 Å². The molecule has 1 saturated heterocycles. The molecule has 2 aromatic heterocycles. The van der Waals surface area contributed by atoms with E-state index < -0.39 is 0 Å². The Kier molecular flexibility index (Phi) is 4.43. The van der Waals surface area contributed by atoms with Crippen molar-refractivity contribution in [3.05, 3.63) is 42.5 Å². The number of imidazole rings is 1. The number of likely N-dealkylation sites (N-methyl/N-ethyl adjacent to an activating group) is 1. The van der Waals surface area contributed by atoms with Crippen LogP contribution in [0.1, 0.15) is 31.5 Å². The number of rotatable bonds is 5. The molecule has 1 N–H and O–H groups in total. The normalized spacial score (nSPS) is 18.4. The second-order valence-corrected chi connectivity index (χ2v) is 6.18. The monoisotopic (exact) mass is 339 g/mol. The summed E-state index contributed by atoms with van der Waals surface area (Å²) in [5.41, 5.74) is 1.07. The molecule has 1 fully saturated rings. The molecule has 0 radical (unpaired) electrons. The Morgan fingerprint density at radius 3 is 2.92 bits per heavy atom.